The first-order valence-corrected chi connectivity index (χ1v) is 8.85. The lowest BCUT2D eigenvalue weighted by Crippen LogP contribution is -2.44. The van der Waals surface area contributed by atoms with Crippen LogP contribution in [0.1, 0.15) is 45.1 Å². The molecule has 4 nitrogen and oxygen atoms in total. The van der Waals surface area contributed by atoms with Crippen molar-refractivity contribution < 1.29 is 14.3 Å². The molecule has 0 fully saturated rings. The Kier molecular flexibility index (Phi) is 8.92. The van der Waals surface area contributed by atoms with Crippen LogP contribution in [0.5, 0.6) is 0 Å². The summed E-state index contributed by atoms with van der Waals surface area (Å²) >= 11 is 3.42. The highest BCUT2D eigenvalue weighted by molar-refractivity contribution is 9.10. The number of methoxy groups -OCH3 is 1. The molecule has 0 aliphatic carbocycles. The number of rotatable bonds is 9. The zero-order chi connectivity index (χ0) is 17.2. The SMILES string of the molecule is COC(=O)C(NC(=O)CCCCCc1ccc(Br)cc1)C(C)C. The average molecular weight is 384 g/mol. The molecule has 0 bridgehead atoms. The van der Waals surface area contributed by atoms with Crippen molar-refractivity contribution in [3.8, 4) is 0 Å². The first-order chi connectivity index (χ1) is 10.9. The van der Waals surface area contributed by atoms with E-state index >= 15 is 0 Å². The maximum Gasteiger partial charge on any atom is 0.328 e. The van der Waals surface area contributed by atoms with E-state index in [9.17, 15) is 9.59 Å². The second kappa shape index (κ2) is 10.4. The molecule has 23 heavy (non-hydrogen) atoms. The number of aryl methyl sites for hydroxylation is 1. The molecule has 0 saturated heterocycles. The zero-order valence-electron chi connectivity index (χ0n) is 14.1. The van der Waals surface area contributed by atoms with Gasteiger partial charge in [0.15, 0.2) is 0 Å². The third-order valence-corrected chi connectivity index (χ3v) is 4.25. The average Bonchev–Trinajstić information content (AvgIpc) is 2.53. The Morgan fingerprint density at radius 1 is 1.13 bits per heavy atom. The summed E-state index contributed by atoms with van der Waals surface area (Å²) in [7, 11) is 1.34. The fourth-order valence-corrected chi connectivity index (χ4v) is 2.58. The zero-order valence-corrected chi connectivity index (χ0v) is 15.7. The predicted molar refractivity (Wildman–Crippen MR) is 95.1 cm³/mol. The normalized spacial score (nSPS) is 12.0. The number of halogens is 1. The van der Waals surface area contributed by atoms with Gasteiger partial charge in [0.05, 0.1) is 7.11 Å². The second-order valence-corrected chi connectivity index (χ2v) is 6.92. The Morgan fingerprint density at radius 3 is 2.35 bits per heavy atom. The van der Waals surface area contributed by atoms with Crippen LogP contribution in [-0.4, -0.2) is 25.0 Å². The molecule has 0 aliphatic rings. The van der Waals surface area contributed by atoms with Gasteiger partial charge in [0.25, 0.3) is 0 Å². The molecule has 128 valence electrons. The predicted octanol–water partition coefficient (Wildman–Crippen LogP) is 3.87. The molecule has 1 amide bonds. The third kappa shape index (κ3) is 7.64. The van der Waals surface area contributed by atoms with Gasteiger partial charge in [-0.05, 0) is 42.9 Å². The molecule has 0 radical (unpaired) electrons. The van der Waals surface area contributed by atoms with Crippen molar-refractivity contribution >= 4 is 27.8 Å². The molecule has 5 heteroatoms. The van der Waals surface area contributed by atoms with Gasteiger partial charge in [-0.3, -0.25) is 4.79 Å². The highest BCUT2D eigenvalue weighted by atomic mass is 79.9. The van der Waals surface area contributed by atoms with Crippen LogP contribution in [0.2, 0.25) is 0 Å². The highest BCUT2D eigenvalue weighted by Gasteiger charge is 2.24. The minimum Gasteiger partial charge on any atom is -0.467 e. The van der Waals surface area contributed by atoms with Gasteiger partial charge in [0.2, 0.25) is 5.91 Å². The molecule has 0 heterocycles. The number of hydrogen-bond acceptors (Lipinski definition) is 3. The highest BCUT2D eigenvalue weighted by Crippen LogP contribution is 2.13. The molecular formula is C18H26BrNO3. The van der Waals surface area contributed by atoms with Crippen LogP contribution in [0.15, 0.2) is 28.7 Å². The summed E-state index contributed by atoms with van der Waals surface area (Å²) in [5.41, 5.74) is 1.31. The van der Waals surface area contributed by atoms with E-state index in [1.54, 1.807) is 0 Å². The topological polar surface area (TPSA) is 55.4 Å². The van der Waals surface area contributed by atoms with Crippen LogP contribution in [0.25, 0.3) is 0 Å². The van der Waals surface area contributed by atoms with E-state index in [1.165, 1.54) is 12.7 Å². The lowest BCUT2D eigenvalue weighted by atomic mass is 10.0. The molecule has 0 aromatic heterocycles. The molecule has 1 N–H and O–H groups in total. The smallest absolute Gasteiger partial charge is 0.328 e. The van der Waals surface area contributed by atoms with Crippen LogP contribution in [0.4, 0.5) is 0 Å². The first kappa shape index (κ1) is 19.7. The van der Waals surface area contributed by atoms with Gasteiger partial charge >= 0.3 is 5.97 Å². The van der Waals surface area contributed by atoms with Crippen molar-refractivity contribution in [3.63, 3.8) is 0 Å². The summed E-state index contributed by atoms with van der Waals surface area (Å²) in [5.74, 6) is -0.454. The molecule has 1 unspecified atom stereocenters. The number of amides is 1. The minimum atomic E-state index is -0.560. The minimum absolute atomic E-state index is 0.0174. The largest absolute Gasteiger partial charge is 0.467 e. The van der Waals surface area contributed by atoms with Gasteiger partial charge in [0, 0.05) is 10.9 Å². The number of carbonyl (C=O) groups excluding carboxylic acids is 2. The number of ether oxygens (including phenoxy) is 1. The van der Waals surface area contributed by atoms with Crippen LogP contribution in [-0.2, 0) is 20.7 Å². The summed E-state index contributed by atoms with van der Waals surface area (Å²) in [6.07, 6.45) is 4.34. The monoisotopic (exact) mass is 383 g/mol. The molecule has 0 saturated carbocycles. The summed E-state index contributed by atoms with van der Waals surface area (Å²) in [4.78, 5) is 23.5. The van der Waals surface area contributed by atoms with Crippen LogP contribution >= 0.6 is 15.9 Å². The maximum atomic E-state index is 11.9. The Labute approximate surface area is 147 Å². The molecule has 1 aromatic rings. The summed E-state index contributed by atoms with van der Waals surface area (Å²) in [6, 6.07) is 7.75. The number of unbranched alkanes of at least 4 members (excludes halogenated alkanes) is 2. The van der Waals surface area contributed by atoms with E-state index in [4.69, 9.17) is 4.74 Å². The molecular weight excluding hydrogens is 358 g/mol. The van der Waals surface area contributed by atoms with Crippen LogP contribution < -0.4 is 5.32 Å². The Hall–Kier alpha value is -1.36. The van der Waals surface area contributed by atoms with Crippen molar-refractivity contribution in [1.82, 2.24) is 5.32 Å². The Bertz CT molecular complexity index is 499. The van der Waals surface area contributed by atoms with E-state index in [0.29, 0.717) is 6.42 Å². The first-order valence-electron chi connectivity index (χ1n) is 8.05. The molecule has 1 atom stereocenters. The quantitative estimate of drug-likeness (QED) is 0.520. The second-order valence-electron chi connectivity index (χ2n) is 6.00. The number of benzene rings is 1. The fraction of sp³-hybridized carbons (Fsp3) is 0.556. The van der Waals surface area contributed by atoms with Gasteiger partial charge in [-0.1, -0.05) is 48.3 Å². The third-order valence-electron chi connectivity index (χ3n) is 3.72. The Morgan fingerprint density at radius 2 is 1.78 bits per heavy atom. The van der Waals surface area contributed by atoms with Gasteiger partial charge in [-0.15, -0.1) is 0 Å². The van der Waals surface area contributed by atoms with E-state index < -0.39 is 6.04 Å². The van der Waals surface area contributed by atoms with Crippen LogP contribution in [0.3, 0.4) is 0 Å². The van der Waals surface area contributed by atoms with Crippen molar-refractivity contribution in [2.45, 2.75) is 52.0 Å². The Balaban J connectivity index is 2.23. The molecule has 0 aliphatic heterocycles. The van der Waals surface area contributed by atoms with E-state index in [2.05, 4.69) is 33.4 Å². The number of hydrogen-bond donors (Lipinski definition) is 1. The van der Waals surface area contributed by atoms with Gasteiger partial charge in [-0.25, -0.2) is 4.79 Å². The molecule has 1 aromatic carbocycles. The van der Waals surface area contributed by atoms with Gasteiger partial charge < -0.3 is 10.1 Å². The standard InChI is InChI=1S/C18H26BrNO3/c1-13(2)17(18(22)23-3)20-16(21)8-6-4-5-7-14-9-11-15(19)12-10-14/h9-13,17H,4-8H2,1-3H3,(H,20,21). The fourth-order valence-electron chi connectivity index (χ4n) is 2.31. The summed E-state index contributed by atoms with van der Waals surface area (Å²) in [6.45, 7) is 3.78. The lowest BCUT2D eigenvalue weighted by Gasteiger charge is -2.19. The molecule has 0 spiro atoms. The van der Waals surface area contributed by atoms with E-state index in [0.717, 1.165) is 30.2 Å². The van der Waals surface area contributed by atoms with E-state index in [1.807, 2.05) is 26.0 Å². The number of esters is 1. The van der Waals surface area contributed by atoms with Gasteiger partial charge in [-0.2, -0.15) is 0 Å². The van der Waals surface area contributed by atoms with Crippen LogP contribution in [0, 0.1) is 5.92 Å². The number of nitrogens with one attached hydrogen (secondary N) is 1. The van der Waals surface area contributed by atoms with Crippen molar-refractivity contribution in [2.75, 3.05) is 7.11 Å². The lowest BCUT2D eigenvalue weighted by molar-refractivity contribution is -0.146. The van der Waals surface area contributed by atoms with Crippen molar-refractivity contribution in [1.29, 1.82) is 0 Å². The van der Waals surface area contributed by atoms with E-state index in [-0.39, 0.29) is 17.8 Å². The van der Waals surface area contributed by atoms with Crippen molar-refractivity contribution in [3.05, 3.63) is 34.3 Å². The van der Waals surface area contributed by atoms with Gasteiger partial charge in [0.1, 0.15) is 6.04 Å². The summed E-state index contributed by atoms with van der Waals surface area (Å²) in [5, 5.41) is 2.76. The van der Waals surface area contributed by atoms with Crippen molar-refractivity contribution in [2.24, 2.45) is 5.92 Å². The number of carbonyl (C=O) groups is 2. The summed E-state index contributed by atoms with van der Waals surface area (Å²) < 4.78 is 5.80. The maximum absolute atomic E-state index is 11.9. The molecule has 1 rings (SSSR count).